The largest absolute Gasteiger partial charge is 0.351 e. The zero-order valence-corrected chi connectivity index (χ0v) is 16.3. The number of hydrogen-bond acceptors (Lipinski definition) is 5. The Morgan fingerprint density at radius 1 is 1.34 bits per heavy atom. The smallest absolute Gasteiger partial charge is 0.224 e. The van der Waals surface area contributed by atoms with Crippen molar-refractivity contribution in [3.05, 3.63) is 48.1 Å². The van der Waals surface area contributed by atoms with Gasteiger partial charge in [0.15, 0.2) is 0 Å². The van der Waals surface area contributed by atoms with Gasteiger partial charge < -0.3 is 15.2 Å². The average molecular weight is 393 g/mol. The first-order valence-corrected chi connectivity index (χ1v) is 9.63. The SMILES string of the molecule is CC(=O)NCc1cn(CCC(=O)N2CC=C(c3c[nH]c4ncccc34)CC2)nn1. The molecule has 29 heavy (non-hydrogen) atoms. The second-order valence-electron chi connectivity index (χ2n) is 7.05. The van der Waals surface area contributed by atoms with E-state index in [0.717, 1.165) is 23.0 Å². The molecule has 1 aliphatic heterocycles. The number of aromatic nitrogens is 5. The van der Waals surface area contributed by atoms with Crippen LogP contribution in [0, 0.1) is 0 Å². The van der Waals surface area contributed by atoms with E-state index in [4.69, 9.17) is 0 Å². The van der Waals surface area contributed by atoms with Crippen molar-refractivity contribution in [2.45, 2.75) is 32.9 Å². The third-order valence-corrected chi connectivity index (χ3v) is 5.02. The molecule has 0 saturated carbocycles. The maximum atomic E-state index is 12.6. The quantitative estimate of drug-likeness (QED) is 0.660. The van der Waals surface area contributed by atoms with E-state index in [9.17, 15) is 9.59 Å². The Balaban J connectivity index is 1.31. The number of amides is 2. The summed E-state index contributed by atoms with van der Waals surface area (Å²) >= 11 is 0. The van der Waals surface area contributed by atoms with Crippen LogP contribution in [0.2, 0.25) is 0 Å². The molecule has 9 heteroatoms. The molecule has 0 aliphatic carbocycles. The van der Waals surface area contributed by atoms with Gasteiger partial charge in [0.05, 0.1) is 19.3 Å². The average Bonchev–Trinajstić information content (AvgIpc) is 3.37. The Morgan fingerprint density at radius 3 is 3.03 bits per heavy atom. The number of fused-ring (bicyclic) bond motifs is 1. The summed E-state index contributed by atoms with van der Waals surface area (Å²) < 4.78 is 1.64. The minimum atomic E-state index is -0.115. The van der Waals surface area contributed by atoms with Gasteiger partial charge in [-0.25, -0.2) is 4.98 Å². The van der Waals surface area contributed by atoms with Crippen molar-refractivity contribution in [3.63, 3.8) is 0 Å². The Bertz CT molecular complexity index is 1070. The highest BCUT2D eigenvalue weighted by molar-refractivity contribution is 5.91. The Kier molecular flexibility index (Phi) is 5.37. The molecule has 4 rings (SSSR count). The zero-order chi connectivity index (χ0) is 20.2. The summed E-state index contributed by atoms with van der Waals surface area (Å²) in [6.07, 6.45) is 8.82. The summed E-state index contributed by atoms with van der Waals surface area (Å²) in [6.45, 7) is 3.56. The van der Waals surface area contributed by atoms with Gasteiger partial charge in [-0.1, -0.05) is 11.3 Å². The topological polar surface area (TPSA) is 109 Å². The molecule has 3 aromatic rings. The molecule has 4 heterocycles. The summed E-state index contributed by atoms with van der Waals surface area (Å²) in [6, 6.07) is 4.00. The van der Waals surface area contributed by atoms with Crippen LogP contribution in [0.3, 0.4) is 0 Å². The number of hydrogen-bond donors (Lipinski definition) is 2. The van der Waals surface area contributed by atoms with Gasteiger partial charge in [0.25, 0.3) is 0 Å². The van der Waals surface area contributed by atoms with Crippen molar-refractivity contribution in [1.82, 2.24) is 35.2 Å². The van der Waals surface area contributed by atoms with Crippen LogP contribution in [0.1, 0.15) is 31.0 Å². The molecule has 0 radical (unpaired) electrons. The fourth-order valence-electron chi connectivity index (χ4n) is 3.47. The number of carbonyl (C=O) groups is 2. The molecule has 2 N–H and O–H groups in total. The second kappa shape index (κ2) is 8.26. The van der Waals surface area contributed by atoms with Gasteiger partial charge >= 0.3 is 0 Å². The Hall–Kier alpha value is -3.49. The Morgan fingerprint density at radius 2 is 2.24 bits per heavy atom. The van der Waals surface area contributed by atoms with Gasteiger partial charge in [0.1, 0.15) is 11.3 Å². The summed E-state index contributed by atoms with van der Waals surface area (Å²) in [7, 11) is 0. The molecule has 0 aromatic carbocycles. The maximum absolute atomic E-state index is 12.6. The first-order valence-electron chi connectivity index (χ1n) is 9.63. The summed E-state index contributed by atoms with van der Waals surface area (Å²) in [5.74, 6) is -0.0176. The minimum absolute atomic E-state index is 0.0970. The fraction of sp³-hybridized carbons (Fsp3) is 0.350. The van der Waals surface area contributed by atoms with E-state index in [0.29, 0.717) is 38.3 Å². The van der Waals surface area contributed by atoms with Crippen molar-refractivity contribution in [3.8, 4) is 0 Å². The molecule has 0 bridgehead atoms. The monoisotopic (exact) mass is 393 g/mol. The molecule has 3 aromatic heterocycles. The molecule has 9 nitrogen and oxygen atoms in total. The number of nitrogens with zero attached hydrogens (tertiary/aromatic N) is 5. The van der Waals surface area contributed by atoms with Crippen molar-refractivity contribution < 1.29 is 9.59 Å². The number of pyridine rings is 1. The van der Waals surface area contributed by atoms with Crippen LogP contribution in [0.4, 0.5) is 0 Å². The van der Waals surface area contributed by atoms with E-state index in [1.165, 1.54) is 12.5 Å². The van der Waals surface area contributed by atoms with E-state index >= 15 is 0 Å². The number of aromatic amines is 1. The lowest BCUT2D eigenvalue weighted by atomic mass is 9.99. The highest BCUT2D eigenvalue weighted by Crippen LogP contribution is 2.28. The van der Waals surface area contributed by atoms with Crippen LogP contribution in [0.25, 0.3) is 16.6 Å². The lowest BCUT2D eigenvalue weighted by Crippen LogP contribution is -2.35. The molecule has 0 atom stereocenters. The molecule has 1 aliphatic rings. The second-order valence-corrected chi connectivity index (χ2v) is 7.05. The van der Waals surface area contributed by atoms with Crippen LogP contribution < -0.4 is 5.32 Å². The first-order chi connectivity index (χ1) is 14.1. The van der Waals surface area contributed by atoms with E-state index in [2.05, 4.69) is 37.7 Å². The normalized spacial score (nSPS) is 14.1. The van der Waals surface area contributed by atoms with Crippen LogP contribution in [-0.2, 0) is 22.7 Å². The molecule has 0 unspecified atom stereocenters. The number of H-pyrrole nitrogens is 1. The molecule has 150 valence electrons. The van der Waals surface area contributed by atoms with Gasteiger partial charge in [-0.15, -0.1) is 5.10 Å². The van der Waals surface area contributed by atoms with Gasteiger partial charge in [-0.2, -0.15) is 0 Å². The lowest BCUT2D eigenvalue weighted by molar-refractivity contribution is -0.131. The van der Waals surface area contributed by atoms with E-state index in [-0.39, 0.29) is 11.8 Å². The van der Waals surface area contributed by atoms with Gasteiger partial charge in [0, 0.05) is 49.8 Å². The van der Waals surface area contributed by atoms with Crippen molar-refractivity contribution >= 4 is 28.4 Å². The van der Waals surface area contributed by atoms with E-state index in [1.54, 1.807) is 17.1 Å². The van der Waals surface area contributed by atoms with E-state index in [1.807, 2.05) is 17.2 Å². The predicted octanol–water partition coefficient (Wildman–Crippen LogP) is 1.50. The summed E-state index contributed by atoms with van der Waals surface area (Å²) in [5, 5.41) is 11.8. The standard InChI is InChI=1S/C20H23N7O2/c1-14(28)22-11-16-13-27(25-24-16)10-6-19(29)26-8-4-15(5-9-26)18-12-23-20-17(18)3-2-7-21-20/h2-4,7,12-13H,5-6,8-11H2,1H3,(H,21,23)(H,22,28). The lowest BCUT2D eigenvalue weighted by Gasteiger charge is -2.26. The Labute approximate surface area is 167 Å². The third kappa shape index (κ3) is 4.34. The third-order valence-electron chi connectivity index (χ3n) is 5.02. The number of rotatable bonds is 6. The highest BCUT2D eigenvalue weighted by Gasteiger charge is 2.19. The van der Waals surface area contributed by atoms with Crippen molar-refractivity contribution in [2.24, 2.45) is 0 Å². The number of nitrogens with one attached hydrogen (secondary N) is 2. The first kappa shape index (κ1) is 18.9. The maximum Gasteiger partial charge on any atom is 0.224 e. The molecular weight excluding hydrogens is 370 g/mol. The van der Waals surface area contributed by atoms with Crippen LogP contribution in [-0.4, -0.2) is 54.8 Å². The predicted molar refractivity (Wildman–Crippen MR) is 107 cm³/mol. The summed E-state index contributed by atoms with van der Waals surface area (Å²) in [5.41, 5.74) is 3.96. The van der Waals surface area contributed by atoms with Gasteiger partial charge in [-0.3, -0.25) is 14.3 Å². The highest BCUT2D eigenvalue weighted by atomic mass is 16.2. The van der Waals surface area contributed by atoms with Crippen molar-refractivity contribution in [1.29, 1.82) is 0 Å². The molecule has 0 saturated heterocycles. The molecule has 0 spiro atoms. The molecular formula is C20H23N7O2. The van der Waals surface area contributed by atoms with Crippen LogP contribution in [0.5, 0.6) is 0 Å². The van der Waals surface area contributed by atoms with Crippen molar-refractivity contribution in [2.75, 3.05) is 13.1 Å². The number of carbonyl (C=O) groups excluding carboxylic acids is 2. The fourth-order valence-corrected chi connectivity index (χ4v) is 3.47. The zero-order valence-electron chi connectivity index (χ0n) is 16.3. The molecule has 2 amide bonds. The number of aryl methyl sites for hydroxylation is 1. The summed E-state index contributed by atoms with van der Waals surface area (Å²) in [4.78, 5) is 32.9. The van der Waals surface area contributed by atoms with Crippen LogP contribution >= 0.6 is 0 Å². The molecule has 0 fully saturated rings. The minimum Gasteiger partial charge on any atom is -0.351 e. The van der Waals surface area contributed by atoms with Crippen LogP contribution in [0.15, 0.2) is 36.8 Å². The van der Waals surface area contributed by atoms with Gasteiger partial charge in [-0.05, 0) is 24.1 Å². The van der Waals surface area contributed by atoms with E-state index < -0.39 is 0 Å². The van der Waals surface area contributed by atoms with Gasteiger partial charge in [0.2, 0.25) is 11.8 Å².